The molecule has 1 saturated heterocycles. The van der Waals surface area contributed by atoms with Crippen LogP contribution < -0.4 is 11.1 Å². The van der Waals surface area contributed by atoms with Gasteiger partial charge in [0.15, 0.2) is 0 Å². The second-order valence-electron chi connectivity index (χ2n) is 5.57. The number of nitrogens with two attached hydrogens (primary N) is 1. The number of nitrogens with one attached hydrogen (secondary N) is 1. The summed E-state index contributed by atoms with van der Waals surface area (Å²) in [5.41, 5.74) is 7.15. The first-order valence-corrected chi connectivity index (χ1v) is 7.57. The van der Waals surface area contributed by atoms with Crippen molar-refractivity contribution in [2.45, 2.75) is 32.4 Å². The Hall–Kier alpha value is -1.43. The molecule has 0 radical (unpaired) electrons. The third-order valence-electron chi connectivity index (χ3n) is 3.99. The molecule has 3 N–H and O–H groups in total. The minimum Gasteiger partial charge on any atom is -0.379 e. The van der Waals surface area contributed by atoms with Gasteiger partial charge in [-0.2, -0.15) is 0 Å². The molecule has 1 aromatic rings. The number of carbonyl (C=O) groups excluding carboxylic acids is 1. The van der Waals surface area contributed by atoms with Crippen molar-refractivity contribution in [1.82, 2.24) is 4.90 Å². The van der Waals surface area contributed by atoms with E-state index in [9.17, 15) is 4.79 Å². The second-order valence-corrected chi connectivity index (χ2v) is 5.57. The molecule has 1 atom stereocenters. The number of hydrogen-bond donors (Lipinski definition) is 2. The molecule has 1 aromatic carbocycles. The lowest BCUT2D eigenvalue weighted by Gasteiger charge is -2.21. The highest BCUT2D eigenvalue weighted by Crippen LogP contribution is 2.19. The summed E-state index contributed by atoms with van der Waals surface area (Å²) in [6.45, 7) is 8.03. The molecule has 5 heteroatoms. The van der Waals surface area contributed by atoms with E-state index in [-0.39, 0.29) is 12.5 Å². The maximum absolute atomic E-state index is 12.3. The quantitative estimate of drug-likeness (QED) is 0.835. The Bertz CT molecular complexity index is 480. The Kier molecular flexibility index (Phi) is 5.33. The Morgan fingerprint density at radius 3 is 2.81 bits per heavy atom. The predicted octanol–water partition coefficient (Wildman–Crippen LogP) is 1.58. The van der Waals surface area contributed by atoms with Crippen molar-refractivity contribution in [3.63, 3.8) is 0 Å². The van der Waals surface area contributed by atoms with Gasteiger partial charge >= 0.3 is 0 Å². The zero-order chi connectivity index (χ0) is 15.3. The summed E-state index contributed by atoms with van der Waals surface area (Å²) >= 11 is 0. The van der Waals surface area contributed by atoms with Gasteiger partial charge in [-0.05, 0) is 37.2 Å². The van der Waals surface area contributed by atoms with Crippen molar-refractivity contribution < 1.29 is 9.53 Å². The van der Waals surface area contributed by atoms with Gasteiger partial charge in [-0.1, -0.05) is 26.0 Å². The van der Waals surface area contributed by atoms with Gasteiger partial charge in [-0.3, -0.25) is 9.69 Å². The average Bonchev–Trinajstić information content (AvgIpc) is 2.93. The fourth-order valence-electron chi connectivity index (χ4n) is 2.47. The van der Waals surface area contributed by atoms with Crippen LogP contribution in [0.4, 0.5) is 5.69 Å². The molecule has 0 bridgehead atoms. The van der Waals surface area contributed by atoms with Gasteiger partial charge in [0.1, 0.15) is 5.54 Å². The highest BCUT2D eigenvalue weighted by molar-refractivity contribution is 5.98. The number of nitrogens with zero attached hydrogens (tertiary/aromatic N) is 1. The summed E-state index contributed by atoms with van der Waals surface area (Å²) in [5.74, 6) is -0.167. The SMILES string of the molecule is CCN(CC)Cc1cccc(NC(=O)C2(N)CCOC2)c1. The second kappa shape index (κ2) is 7.02. The molecule has 0 aliphatic carbocycles. The number of ether oxygens (including phenoxy) is 1. The van der Waals surface area contributed by atoms with E-state index in [1.807, 2.05) is 18.2 Å². The van der Waals surface area contributed by atoms with Gasteiger partial charge in [-0.15, -0.1) is 0 Å². The normalized spacial score (nSPS) is 21.7. The monoisotopic (exact) mass is 291 g/mol. The first kappa shape index (κ1) is 15.9. The fourth-order valence-corrected chi connectivity index (χ4v) is 2.47. The van der Waals surface area contributed by atoms with Crippen LogP contribution >= 0.6 is 0 Å². The minimum absolute atomic E-state index is 0.167. The number of benzene rings is 1. The molecule has 2 rings (SSSR count). The lowest BCUT2D eigenvalue weighted by atomic mass is 9.99. The van der Waals surface area contributed by atoms with Crippen LogP contribution in [-0.2, 0) is 16.1 Å². The summed E-state index contributed by atoms with van der Waals surface area (Å²) in [4.78, 5) is 14.6. The van der Waals surface area contributed by atoms with E-state index >= 15 is 0 Å². The third-order valence-corrected chi connectivity index (χ3v) is 3.99. The molecule has 1 fully saturated rings. The molecule has 1 unspecified atom stereocenters. The molecule has 1 heterocycles. The number of carbonyl (C=O) groups is 1. The van der Waals surface area contributed by atoms with Gasteiger partial charge in [0.05, 0.1) is 6.61 Å². The smallest absolute Gasteiger partial charge is 0.246 e. The van der Waals surface area contributed by atoms with Crippen LogP contribution in [0.1, 0.15) is 25.8 Å². The Morgan fingerprint density at radius 1 is 1.43 bits per heavy atom. The van der Waals surface area contributed by atoms with Crippen LogP contribution in [0.15, 0.2) is 24.3 Å². The summed E-state index contributed by atoms with van der Waals surface area (Å²) in [6.07, 6.45) is 0.567. The van der Waals surface area contributed by atoms with E-state index in [4.69, 9.17) is 10.5 Å². The molecule has 0 spiro atoms. The molecule has 116 valence electrons. The van der Waals surface area contributed by atoms with Gasteiger partial charge in [0, 0.05) is 18.8 Å². The predicted molar refractivity (Wildman–Crippen MR) is 84.1 cm³/mol. The van der Waals surface area contributed by atoms with Crippen molar-refractivity contribution in [1.29, 1.82) is 0 Å². The molecule has 1 aliphatic heterocycles. The van der Waals surface area contributed by atoms with E-state index in [2.05, 4.69) is 30.1 Å². The van der Waals surface area contributed by atoms with Crippen LogP contribution in [-0.4, -0.2) is 42.6 Å². The Morgan fingerprint density at radius 2 is 2.19 bits per heavy atom. The average molecular weight is 291 g/mol. The lowest BCUT2D eigenvalue weighted by molar-refractivity contribution is -0.121. The Balaban J connectivity index is 2.02. The summed E-state index contributed by atoms with van der Waals surface area (Å²) < 4.78 is 5.23. The van der Waals surface area contributed by atoms with Crippen molar-refractivity contribution in [3.8, 4) is 0 Å². The summed E-state index contributed by atoms with van der Waals surface area (Å²) in [5, 5.41) is 2.91. The summed E-state index contributed by atoms with van der Waals surface area (Å²) in [6, 6.07) is 7.94. The minimum atomic E-state index is -0.894. The van der Waals surface area contributed by atoms with E-state index in [1.54, 1.807) is 0 Å². The van der Waals surface area contributed by atoms with Crippen molar-refractivity contribution in [2.75, 3.05) is 31.6 Å². The number of amides is 1. The van der Waals surface area contributed by atoms with Crippen LogP contribution in [0.2, 0.25) is 0 Å². The van der Waals surface area contributed by atoms with Gasteiger partial charge in [-0.25, -0.2) is 0 Å². The molecule has 21 heavy (non-hydrogen) atoms. The molecular weight excluding hydrogens is 266 g/mol. The molecule has 1 amide bonds. The van der Waals surface area contributed by atoms with Crippen LogP contribution in [0.3, 0.4) is 0 Å². The maximum atomic E-state index is 12.3. The number of hydrogen-bond acceptors (Lipinski definition) is 4. The standard InChI is InChI=1S/C16H25N3O2/c1-3-19(4-2)11-13-6-5-7-14(10-13)18-15(20)16(17)8-9-21-12-16/h5-7,10H,3-4,8-9,11-12,17H2,1-2H3,(H,18,20). The summed E-state index contributed by atoms with van der Waals surface area (Å²) in [7, 11) is 0. The molecular formula is C16H25N3O2. The van der Waals surface area contributed by atoms with Crippen molar-refractivity contribution in [3.05, 3.63) is 29.8 Å². The zero-order valence-electron chi connectivity index (χ0n) is 12.9. The Labute approximate surface area is 126 Å². The van der Waals surface area contributed by atoms with E-state index < -0.39 is 5.54 Å². The zero-order valence-corrected chi connectivity index (χ0v) is 12.9. The maximum Gasteiger partial charge on any atom is 0.246 e. The van der Waals surface area contributed by atoms with Crippen molar-refractivity contribution in [2.24, 2.45) is 5.73 Å². The van der Waals surface area contributed by atoms with E-state index in [0.29, 0.717) is 13.0 Å². The lowest BCUT2D eigenvalue weighted by Crippen LogP contribution is -2.51. The van der Waals surface area contributed by atoms with Crippen LogP contribution in [0.25, 0.3) is 0 Å². The van der Waals surface area contributed by atoms with Gasteiger partial charge in [0.2, 0.25) is 5.91 Å². The van der Waals surface area contributed by atoms with Crippen LogP contribution in [0.5, 0.6) is 0 Å². The topological polar surface area (TPSA) is 67.6 Å². The fraction of sp³-hybridized carbons (Fsp3) is 0.562. The highest BCUT2D eigenvalue weighted by atomic mass is 16.5. The number of anilines is 1. The van der Waals surface area contributed by atoms with E-state index in [0.717, 1.165) is 25.3 Å². The van der Waals surface area contributed by atoms with Crippen LogP contribution in [0, 0.1) is 0 Å². The third kappa shape index (κ3) is 4.03. The first-order chi connectivity index (χ1) is 10.1. The largest absolute Gasteiger partial charge is 0.379 e. The number of rotatable bonds is 6. The van der Waals surface area contributed by atoms with Gasteiger partial charge < -0.3 is 15.8 Å². The molecule has 0 aromatic heterocycles. The first-order valence-electron chi connectivity index (χ1n) is 7.57. The van der Waals surface area contributed by atoms with Crippen molar-refractivity contribution >= 4 is 11.6 Å². The molecule has 1 aliphatic rings. The van der Waals surface area contributed by atoms with Gasteiger partial charge in [0.25, 0.3) is 0 Å². The molecule has 0 saturated carbocycles. The highest BCUT2D eigenvalue weighted by Gasteiger charge is 2.38. The van der Waals surface area contributed by atoms with E-state index in [1.165, 1.54) is 5.56 Å². The molecule has 5 nitrogen and oxygen atoms in total.